The summed E-state index contributed by atoms with van der Waals surface area (Å²) in [5.74, 6) is 2.73. The molecule has 0 aromatic carbocycles. The molecule has 0 bridgehead atoms. The van der Waals surface area contributed by atoms with E-state index >= 15 is 0 Å². The molecule has 0 amide bonds. The Morgan fingerprint density at radius 2 is 1.91 bits per heavy atom. The topological polar surface area (TPSA) is 64.7 Å². The smallest absolute Gasteiger partial charge is 0.186 e. The molecule has 1 aliphatic heterocycles. The average molecular weight is 295 g/mol. The Kier molecular flexibility index (Phi) is 2.92. The van der Waals surface area contributed by atoms with E-state index in [2.05, 4.69) is 36.6 Å². The highest BCUT2D eigenvalue weighted by Gasteiger charge is 2.29. The molecule has 0 atom stereocenters. The van der Waals surface area contributed by atoms with Crippen LogP contribution >= 0.6 is 0 Å². The fourth-order valence-electron chi connectivity index (χ4n) is 2.92. The summed E-state index contributed by atoms with van der Waals surface area (Å²) >= 11 is 0. The van der Waals surface area contributed by atoms with Crippen molar-refractivity contribution in [1.82, 2.24) is 29.3 Å². The predicted octanol–water partition coefficient (Wildman–Crippen LogP) is 1.93. The van der Waals surface area contributed by atoms with E-state index in [4.69, 9.17) is 0 Å². The van der Waals surface area contributed by atoms with E-state index in [1.807, 2.05) is 30.1 Å². The predicted molar refractivity (Wildman–Crippen MR) is 83.1 cm³/mol. The van der Waals surface area contributed by atoms with E-state index in [0.717, 1.165) is 48.4 Å². The van der Waals surface area contributed by atoms with Crippen molar-refractivity contribution in [3.05, 3.63) is 30.9 Å². The van der Waals surface area contributed by atoms with Crippen molar-refractivity contribution in [2.75, 3.05) is 11.4 Å². The first-order valence-electron chi connectivity index (χ1n) is 7.40. The highest BCUT2D eigenvalue weighted by molar-refractivity contribution is 5.72. The number of hydrogen-bond donors (Lipinski definition) is 0. The van der Waals surface area contributed by atoms with Crippen LogP contribution in [0.5, 0.6) is 0 Å². The van der Waals surface area contributed by atoms with E-state index in [1.54, 1.807) is 12.4 Å². The molecule has 1 aliphatic rings. The van der Waals surface area contributed by atoms with Crippen LogP contribution in [0.4, 0.5) is 5.82 Å². The second-order valence-corrected chi connectivity index (χ2v) is 5.44. The van der Waals surface area contributed by atoms with Gasteiger partial charge in [0.15, 0.2) is 17.5 Å². The SMILES string of the molecule is CCCN1Cn2c(-c3ccncc3)nnc2-c2c1ncn2C. The maximum absolute atomic E-state index is 4.54. The summed E-state index contributed by atoms with van der Waals surface area (Å²) in [5.41, 5.74) is 2.04. The standard InChI is InChI=1S/C15H17N7/c1-3-8-21-10-22-13(11-4-6-16-7-5-11)18-19-15(22)12-14(21)17-9-20(12)2/h4-7,9H,3,8,10H2,1-2H3. The molecule has 7 heteroatoms. The van der Waals surface area contributed by atoms with E-state index in [9.17, 15) is 0 Å². The third-order valence-corrected chi connectivity index (χ3v) is 3.92. The summed E-state index contributed by atoms with van der Waals surface area (Å²) in [7, 11) is 1.99. The van der Waals surface area contributed by atoms with E-state index in [-0.39, 0.29) is 0 Å². The molecule has 3 aromatic rings. The van der Waals surface area contributed by atoms with Gasteiger partial charge >= 0.3 is 0 Å². The molecule has 0 radical (unpaired) electrons. The Balaban J connectivity index is 1.89. The van der Waals surface area contributed by atoms with Crippen LogP contribution in [0, 0.1) is 0 Å². The molecule has 0 saturated heterocycles. The molecule has 0 spiro atoms. The van der Waals surface area contributed by atoms with Crippen LogP contribution in [0.3, 0.4) is 0 Å². The minimum Gasteiger partial charge on any atom is -0.337 e. The molecule has 0 saturated carbocycles. The van der Waals surface area contributed by atoms with Gasteiger partial charge in [-0.2, -0.15) is 0 Å². The van der Waals surface area contributed by atoms with E-state index < -0.39 is 0 Å². The molecule has 4 heterocycles. The van der Waals surface area contributed by atoms with Crippen molar-refractivity contribution in [3.63, 3.8) is 0 Å². The Labute approximate surface area is 128 Å². The average Bonchev–Trinajstić information content (AvgIpc) is 3.12. The van der Waals surface area contributed by atoms with E-state index in [1.165, 1.54) is 0 Å². The Hall–Kier alpha value is -2.70. The number of imidazole rings is 1. The van der Waals surface area contributed by atoms with Gasteiger partial charge in [-0.1, -0.05) is 6.92 Å². The van der Waals surface area contributed by atoms with Crippen LogP contribution in [0.15, 0.2) is 30.9 Å². The lowest BCUT2D eigenvalue weighted by atomic mass is 10.2. The number of rotatable bonds is 3. The zero-order valence-electron chi connectivity index (χ0n) is 12.6. The molecule has 3 aromatic heterocycles. The van der Waals surface area contributed by atoms with E-state index in [0.29, 0.717) is 0 Å². The van der Waals surface area contributed by atoms with Crippen molar-refractivity contribution in [2.24, 2.45) is 7.05 Å². The summed E-state index contributed by atoms with van der Waals surface area (Å²) < 4.78 is 4.16. The summed E-state index contributed by atoms with van der Waals surface area (Å²) in [6, 6.07) is 3.92. The Morgan fingerprint density at radius 3 is 2.68 bits per heavy atom. The second-order valence-electron chi connectivity index (χ2n) is 5.44. The summed E-state index contributed by atoms with van der Waals surface area (Å²) in [5, 5.41) is 8.81. The van der Waals surface area contributed by atoms with Crippen molar-refractivity contribution in [1.29, 1.82) is 0 Å². The molecule has 0 fully saturated rings. The number of hydrogen-bond acceptors (Lipinski definition) is 5. The van der Waals surface area contributed by atoms with Crippen LogP contribution in [0.2, 0.25) is 0 Å². The monoisotopic (exact) mass is 295 g/mol. The zero-order valence-corrected chi connectivity index (χ0v) is 12.6. The lowest BCUT2D eigenvalue weighted by molar-refractivity contribution is 0.616. The molecule has 0 unspecified atom stereocenters. The summed E-state index contributed by atoms with van der Waals surface area (Å²) in [6.07, 6.45) is 6.46. The lowest BCUT2D eigenvalue weighted by Crippen LogP contribution is -2.32. The van der Waals surface area contributed by atoms with Gasteiger partial charge in [0.2, 0.25) is 0 Å². The van der Waals surface area contributed by atoms with Gasteiger partial charge in [-0.15, -0.1) is 10.2 Å². The molecular formula is C15H17N7. The van der Waals surface area contributed by atoms with Gasteiger partial charge in [0.25, 0.3) is 0 Å². The quantitative estimate of drug-likeness (QED) is 0.738. The molecule has 4 rings (SSSR count). The van der Waals surface area contributed by atoms with Crippen molar-refractivity contribution < 1.29 is 0 Å². The maximum atomic E-state index is 4.54. The minimum absolute atomic E-state index is 0.720. The van der Waals surface area contributed by atoms with Crippen molar-refractivity contribution in [2.45, 2.75) is 20.0 Å². The zero-order chi connectivity index (χ0) is 15.1. The highest BCUT2D eigenvalue weighted by atomic mass is 15.4. The van der Waals surface area contributed by atoms with Gasteiger partial charge in [0.05, 0.1) is 13.0 Å². The van der Waals surface area contributed by atoms with Crippen LogP contribution in [-0.2, 0) is 13.7 Å². The first kappa shape index (κ1) is 13.0. The number of aryl methyl sites for hydroxylation is 1. The molecule has 0 aliphatic carbocycles. The Bertz CT molecular complexity index is 803. The number of aromatic nitrogens is 6. The van der Waals surface area contributed by atoms with Crippen LogP contribution in [0.1, 0.15) is 13.3 Å². The van der Waals surface area contributed by atoms with Gasteiger partial charge in [-0.3, -0.25) is 9.55 Å². The van der Waals surface area contributed by atoms with Gasteiger partial charge in [-0.05, 0) is 18.6 Å². The van der Waals surface area contributed by atoms with Crippen molar-refractivity contribution >= 4 is 5.82 Å². The minimum atomic E-state index is 0.720. The lowest BCUT2D eigenvalue weighted by Gasteiger charge is -2.29. The molecule has 0 N–H and O–H groups in total. The fourth-order valence-corrected chi connectivity index (χ4v) is 2.92. The normalized spacial score (nSPS) is 13.1. The number of pyridine rings is 1. The molecular weight excluding hydrogens is 278 g/mol. The first-order valence-corrected chi connectivity index (χ1v) is 7.40. The molecule has 7 nitrogen and oxygen atoms in total. The molecule has 22 heavy (non-hydrogen) atoms. The third-order valence-electron chi connectivity index (χ3n) is 3.92. The number of fused-ring (bicyclic) bond motifs is 3. The van der Waals surface area contributed by atoms with Crippen LogP contribution in [0.25, 0.3) is 22.9 Å². The van der Waals surface area contributed by atoms with Crippen LogP contribution < -0.4 is 4.90 Å². The molecule has 112 valence electrons. The summed E-state index contributed by atoms with van der Waals surface area (Å²) in [4.78, 5) is 10.9. The Morgan fingerprint density at radius 1 is 1.14 bits per heavy atom. The maximum Gasteiger partial charge on any atom is 0.186 e. The van der Waals surface area contributed by atoms with Gasteiger partial charge in [0, 0.05) is 31.5 Å². The number of anilines is 1. The third kappa shape index (κ3) is 1.82. The number of nitrogens with zero attached hydrogens (tertiary/aromatic N) is 7. The fraction of sp³-hybridized carbons (Fsp3) is 0.333. The highest BCUT2D eigenvalue weighted by Crippen LogP contribution is 2.35. The van der Waals surface area contributed by atoms with Crippen molar-refractivity contribution in [3.8, 4) is 22.9 Å². The van der Waals surface area contributed by atoms with Gasteiger partial charge < -0.3 is 9.47 Å². The largest absolute Gasteiger partial charge is 0.337 e. The summed E-state index contributed by atoms with van der Waals surface area (Å²) in [6.45, 7) is 3.85. The van der Waals surface area contributed by atoms with Gasteiger partial charge in [-0.25, -0.2) is 4.98 Å². The van der Waals surface area contributed by atoms with Gasteiger partial charge in [0.1, 0.15) is 5.69 Å². The second kappa shape index (κ2) is 4.94. The van der Waals surface area contributed by atoms with Crippen LogP contribution in [-0.4, -0.2) is 35.8 Å². The first-order chi connectivity index (χ1) is 10.8.